The molecule has 0 fully saturated rings. The van der Waals surface area contributed by atoms with Gasteiger partial charge in [0.25, 0.3) is 0 Å². The van der Waals surface area contributed by atoms with E-state index in [0.717, 1.165) is 0 Å². The molecule has 3 aromatic carbocycles. The van der Waals surface area contributed by atoms with Gasteiger partial charge in [-0.15, -0.1) is 0 Å². The van der Waals surface area contributed by atoms with Crippen molar-refractivity contribution in [2.24, 2.45) is 11.7 Å². The Hall–Kier alpha value is -6.67. The number of aliphatic carboxylic acids is 1. The van der Waals surface area contributed by atoms with Crippen LogP contribution >= 0.6 is 12.6 Å². The third-order valence-corrected chi connectivity index (χ3v) is 11.2. The van der Waals surface area contributed by atoms with Crippen LogP contribution in [0.4, 0.5) is 5.69 Å². The molecule has 2 bridgehead atoms. The molecule has 0 saturated carbocycles. The third kappa shape index (κ3) is 15.8. The highest BCUT2D eigenvalue weighted by molar-refractivity contribution is 7.80. The molecule has 0 radical (unpaired) electrons. The first-order valence-electron chi connectivity index (χ1n) is 21.3. The maximum Gasteiger partial charge on any atom is 0.326 e. The molecule has 7 atom stereocenters. The van der Waals surface area contributed by atoms with Crippen molar-refractivity contribution in [2.75, 3.05) is 17.6 Å². The number of nitrogens with one attached hydrogen (secondary N) is 7. The van der Waals surface area contributed by atoms with E-state index in [4.69, 9.17) is 5.73 Å². The first kappa shape index (κ1) is 51.0. The van der Waals surface area contributed by atoms with Crippen molar-refractivity contribution in [2.45, 2.75) is 101 Å². The van der Waals surface area contributed by atoms with Crippen molar-refractivity contribution in [3.8, 4) is 11.5 Å². The van der Waals surface area contributed by atoms with Crippen LogP contribution in [-0.2, 0) is 51.2 Å². The van der Waals surface area contributed by atoms with E-state index >= 15 is 0 Å². The lowest BCUT2D eigenvalue weighted by atomic mass is 9.96. The number of phenolic OH excluding ortho intramolecular Hbond substituents is 2. The molecule has 65 heavy (non-hydrogen) atoms. The molecule has 2 aliphatic rings. The van der Waals surface area contributed by atoms with Crippen LogP contribution in [0.2, 0.25) is 0 Å². The molecule has 19 nitrogen and oxygen atoms in total. The lowest BCUT2D eigenvalue weighted by Gasteiger charge is -2.29. The van der Waals surface area contributed by atoms with Gasteiger partial charge in [-0.3, -0.25) is 33.6 Å². The van der Waals surface area contributed by atoms with Gasteiger partial charge in [-0.05, 0) is 84.8 Å². The number of phenols is 2. The summed E-state index contributed by atoms with van der Waals surface area (Å²) in [6.45, 7) is 3.78. The van der Waals surface area contributed by atoms with Gasteiger partial charge < -0.3 is 58.3 Å². The van der Waals surface area contributed by atoms with Gasteiger partial charge in [0.15, 0.2) is 0 Å². The van der Waals surface area contributed by atoms with Gasteiger partial charge >= 0.3 is 5.97 Å². The van der Waals surface area contributed by atoms with Crippen molar-refractivity contribution in [3.63, 3.8) is 0 Å². The van der Waals surface area contributed by atoms with Crippen molar-refractivity contribution in [1.82, 2.24) is 31.9 Å². The molecular weight excluding hydrogens is 861 g/mol. The molecule has 7 amide bonds. The molecule has 0 unspecified atom stereocenters. The summed E-state index contributed by atoms with van der Waals surface area (Å²) in [4.78, 5) is 108. The van der Waals surface area contributed by atoms with Gasteiger partial charge in [-0.25, -0.2) is 4.79 Å². The zero-order valence-electron chi connectivity index (χ0n) is 36.2. The fraction of sp³-hybridized carbons (Fsp3) is 0.422. The molecule has 12 N–H and O–H groups in total. The van der Waals surface area contributed by atoms with Crippen LogP contribution in [0.15, 0.2) is 72.8 Å². The molecule has 2 heterocycles. The Balaban J connectivity index is 1.68. The summed E-state index contributed by atoms with van der Waals surface area (Å²) >= 11 is 4.21. The number of benzene rings is 3. The number of aromatic hydroxyl groups is 2. The number of anilines is 1. The summed E-state index contributed by atoms with van der Waals surface area (Å²) in [5, 5.41) is 48.1. The molecule has 2 aliphatic heterocycles. The predicted molar refractivity (Wildman–Crippen MR) is 242 cm³/mol. The van der Waals surface area contributed by atoms with Gasteiger partial charge in [-0.1, -0.05) is 56.7 Å². The summed E-state index contributed by atoms with van der Waals surface area (Å²) in [5.41, 5.74) is 7.31. The minimum absolute atomic E-state index is 0.0228. The Morgan fingerprint density at radius 3 is 1.83 bits per heavy atom. The van der Waals surface area contributed by atoms with Crippen LogP contribution in [0.25, 0.3) is 0 Å². The van der Waals surface area contributed by atoms with Crippen molar-refractivity contribution in [1.29, 1.82) is 0 Å². The Labute approximate surface area is 381 Å². The molecular formula is C45H58N8O11S. The average Bonchev–Trinajstić information content (AvgIpc) is 3.28. The van der Waals surface area contributed by atoms with E-state index in [1.807, 2.05) is 0 Å². The van der Waals surface area contributed by atoms with Crippen molar-refractivity contribution >= 4 is 65.6 Å². The number of fused-ring (bicyclic) bond motifs is 14. The number of hydrogen-bond acceptors (Lipinski definition) is 12. The first-order chi connectivity index (χ1) is 31.0. The van der Waals surface area contributed by atoms with Gasteiger partial charge in [-0.2, -0.15) is 12.6 Å². The standard InChI is InChI=1S/C45H58N8O11S/c1-3-25(2)38-43(61)53-39(28-11-13-29(14-12-28)47-36(56)19-20-37(57)48-35(24-65)42(60)52-38)44(62)49-32(6-4-5-21-46)40(58)50-33(22-26-7-15-30(54)16-8-26)41(59)51-34(45(63)64)23-27-9-17-31(55)18-10-27/h7-18,25,32-35,38-39,54-55,65H,3-6,19-24,46H2,1-2H3,(H,47,56)(H,48,57)(H,49,62)(H,50,58)(H,51,59)(H,52,60)(H,53,61)(H,63,64)/t25-,32+,33+,34+,35-,38+,39+/m1/s1. The van der Waals surface area contributed by atoms with Crippen molar-refractivity contribution < 1.29 is 53.7 Å². The van der Waals surface area contributed by atoms with E-state index in [-0.39, 0.29) is 61.5 Å². The summed E-state index contributed by atoms with van der Waals surface area (Å²) in [5.74, 6) is -7.14. The lowest BCUT2D eigenvalue weighted by Crippen LogP contribution is -2.59. The van der Waals surface area contributed by atoms with Gasteiger partial charge in [0, 0.05) is 37.1 Å². The maximum absolute atomic E-state index is 14.5. The normalized spacial score (nSPS) is 18.9. The molecule has 0 saturated heterocycles. The molecule has 3 aromatic rings. The van der Waals surface area contributed by atoms with E-state index < -0.39 is 89.5 Å². The molecule has 20 heteroatoms. The Morgan fingerprint density at radius 2 is 1.28 bits per heavy atom. The second kappa shape index (κ2) is 25.0. The molecule has 0 spiro atoms. The monoisotopic (exact) mass is 918 g/mol. The van der Waals surface area contributed by atoms with Crippen molar-refractivity contribution in [3.05, 3.63) is 89.5 Å². The topological polar surface area (TPSA) is 307 Å². The number of unbranched alkanes of at least 4 members (excludes halogenated alkanes) is 1. The summed E-state index contributed by atoms with van der Waals surface area (Å²) in [6, 6.07) is 9.49. The summed E-state index contributed by atoms with van der Waals surface area (Å²) < 4.78 is 0. The maximum atomic E-state index is 14.5. The lowest BCUT2D eigenvalue weighted by molar-refractivity contribution is -0.142. The van der Waals surface area contributed by atoms with Crippen LogP contribution in [-0.4, -0.2) is 105 Å². The number of hydrogen-bond donors (Lipinski definition) is 12. The SMILES string of the molecule is CC[C@@H](C)[C@@H]1NC(=O)[C@@H](CS)NC(=O)CCC(=O)Nc2ccc(cc2)[C@@H](C(=O)N[C@@H](CCCCN)C(=O)N[C@@H](Cc2ccc(O)cc2)C(=O)N[C@@H](Cc2ccc(O)cc2)C(=O)O)NC1=O. The Morgan fingerprint density at radius 1 is 0.723 bits per heavy atom. The highest BCUT2D eigenvalue weighted by atomic mass is 32.1. The van der Waals surface area contributed by atoms with Gasteiger partial charge in [0.05, 0.1) is 0 Å². The van der Waals surface area contributed by atoms with Gasteiger partial charge in [0.1, 0.15) is 47.8 Å². The number of rotatable bonds is 18. The van der Waals surface area contributed by atoms with E-state index in [9.17, 15) is 53.7 Å². The number of nitrogens with two attached hydrogens (primary N) is 1. The zero-order chi connectivity index (χ0) is 47.6. The first-order valence-corrected chi connectivity index (χ1v) is 22.0. The predicted octanol–water partition coefficient (Wildman–Crippen LogP) is 1.09. The van der Waals surface area contributed by atoms with E-state index in [1.54, 1.807) is 13.8 Å². The van der Waals surface area contributed by atoms with E-state index in [2.05, 4.69) is 49.8 Å². The Bertz CT molecular complexity index is 2140. The largest absolute Gasteiger partial charge is 0.508 e. The minimum atomic E-state index is -1.48. The number of thiol groups is 1. The highest BCUT2D eigenvalue weighted by Gasteiger charge is 2.35. The quantitative estimate of drug-likeness (QED) is 0.0485. The molecule has 0 aliphatic carbocycles. The smallest absolute Gasteiger partial charge is 0.326 e. The van der Waals surface area contributed by atoms with E-state index in [0.29, 0.717) is 36.1 Å². The number of carbonyl (C=O) groups is 8. The third-order valence-electron chi connectivity index (χ3n) is 10.9. The van der Waals surface area contributed by atoms with Crippen LogP contribution in [0.3, 0.4) is 0 Å². The molecule has 5 rings (SSSR count). The Kier molecular flexibility index (Phi) is 19.6. The van der Waals surface area contributed by atoms with Crippen LogP contribution in [0.5, 0.6) is 11.5 Å². The molecule has 350 valence electrons. The summed E-state index contributed by atoms with van der Waals surface area (Å²) in [7, 11) is 0. The van der Waals surface area contributed by atoms with Crippen LogP contribution in [0.1, 0.15) is 75.1 Å². The number of carbonyl (C=O) groups excluding carboxylic acids is 7. The average molecular weight is 919 g/mol. The zero-order valence-corrected chi connectivity index (χ0v) is 37.1. The highest BCUT2D eigenvalue weighted by Crippen LogP contribution is 2.21. The number of amides is 7. The number of carboxylic acid groups (broad SMARTS) is 1. The fourth-order valence-corrected chi connectivity index (χ4v) is 7.12. The van der Waals surface area contributed by atoms with Crippen LogP contribution < -0.4 is 43.0 Å². The molecule has 0 aromatic heterocycles. The minimum Gasteiger partial charge on any atom is -0.508 e. The fourth-order valence-electron chi connectivity index (χ4n) is 6.86. The second-order valence-corrected chi connectivity index (χ2v) is 16.2. The van der Waals surface area contributed by atoms with Crippen LogP contribution in [0, 0.1) is 5.92 Å². The summed E-state index contributed by atoms with van der Waals surface area (Å²) in [6.07, 6.45) is 0.476. The van der Waals surface area contributed by atoms with Gasteiger partial charge in [0.2, 0.25) is 41.4 Å². The second-order valence-electron chi connectivity index (χ2n) is 15.8. The number of carboxylic acids is 1. The van der Waals surface area contributed by atoms with E-state index in [1.165, 1.54) is 72.8 Å².